The molecule has 5 nitrogen and oxygen atoms in total. The molecular weight excluding hydrogens is 254 g/mol. The molecule has 1 heterocycles. The Morgan fingerprint density at radius 3 is 2.40 bits per heavy atom. The zero-order valence-electron chi connectivity index (χ0n) is 11.6. The lowest BCUT2D eigenvalue weighted by Gasteiger charge is -2.08. The summed E-state index contributed by atoms with van der Waals surface area (Å²) in [6.07, 6.45) is 1.57. The van der Waals surface area contributed by atoms with Gasteiger partial charge in [0, 0.05) is 18.2 Å². The highest BCUT2D eigenvalue weighted by molar-refractivity contribution is 5.86. The van der Waals surface area contributed by atoms with Crippen LogP contribution in [0.1, 0.15) is 35.7 Å². The van der Waals surface area contributed by atoms with Crippen molar-refractivity contribution in [3.8, 4) is 0 Å². The predicted octanol–water partition coefficient (Wildman–Crippen LogP) is 3.04. The lowest BCUT2D eigenvalue weighted by molar-refractivity contribution is 0.0690. The second-order valence-corrected chi connectivity index (χ2v) is 4.39. The van der Waals surface area contributed by atoms with Crippen molar-refractivity contribution < 1.29 is 9.90 Å². The second kappa shape index (κ2) is 6.14. The van der Waals surface area contributed by atoms with Crippen LogP contribution in [0.4, 0.5) is 11.5 Å². The maximum atomic E-state index is 11.0. The number of hydrogen-bond acceptors (Lipinski definition) is 4. The smallest absolute Gasteiger partial charge is 0.354 e. The predicted molar refractivity (Wildman–Crippen MR) is 77.5 cm³/mol. The number of carbonyl (C=O) groups is 1. The van der Waals surface area contributed by atoms with Gasteiger partial charge in [-0.25, -0.2) is 14.8 Å². The van der Waals surface area contributed by atoms with E-state index in [9.17, 15) is 4.79 Å². The van der Waals surface area contributed by atoms with E-state index in [1.165, 1.54) is 11.6 Å². The average molecular weight is 271 g/mol. The molecule has 0 saturated carbocycles. The lowest BCUT2D eigenvalue weighted by atomic mass is 10.1. The number of aromatic carboxylic acids is 1. The van der Waals surface area contributed by atoms with E-state index in [4.69, 9.17) is 5.11 Å². The molecule has 20 heavy (non-hydrogen) atoms. The van der Waals surface area contributed by atoms with E-state index in [0.29, 0.717) is 18.1 Å². The summed E-state index contributed by atoms with van der Waals surface area (Å²) >= 11 is 0. The number of carboxylic acid groups (broad SMARTS) is 1. The zero-order valence-corrected chi connectivity index (χ0v) is 11.6. The largest absolute Gasteiger partial charge is 0.477 e. The summed E-state index contributed by atoms with van der Waals surface area (Å²) in [6, 6.07) is 9.40. The van der Waals surface area contributed by atoms with Gasteiger partial charge < -0.3 is 10.4 Å². The Hall–Kier alpha value is -2.43. The summed E-state index contributed by atoms with van der Waals surface area (Å²) in [5.74, 6) is -0.0393. The van der Waals surface area contributed by atoms with E-state index < -0.39 is 5.97 Å². The molecule has 104 valence electrons. The Kier molecular flexibility index (Phi) is 4.30. The molecule has 0 aliphatic heterocycles. The summed E-state index contributed by atoms with van der Waals surface area (Å²) in [5.41, 5.74) is 2.13. The maximum absolute atomic E-state index is 11.0. The van der Waals surface area contributed by atoms with Gasteiger partial charge in [0.2, 0.25) is 0 Å². The summed E-state index contributed by atoms with van der Waals surface area (Å²) in [7, 11) is 0. The summed E-state index contributed by atoms with van der Waals surface area (Å²) < 4.78 is 0. The van der Waals surface area contributed by atoms with E-state index in [0.717, 1.165) is 12.1 Å². The molecule has 1 aromatic heterocycles. The van der Waals surface area contributed by atoms with Crippen molar-refractivity contribution in [1.29, 1.82) is 0 Å². The minimum Gasteiger partial charge on any atom is -0.477 e. The first-order valence-corrected chi connectivity index (χ1v) is 6.59. The van der Waals surface area contributed by atoms with Gasteiger partial charge in [-0.3, -0.25) is 0 Å². The molecule has 2 rings (SSSR count). The fourth-order valence-electron chi connectivity index (χ4n) is 1.80. The molecule has 1 aromatic carbocycles. The number of rotatable bonds is 5. The fraction of sp³-hybridized carbons (Fsp3) is 0.267. The van der Waals surface area contributed by atoms with Gasteiger partial charge in [0.1, 0.15) is 11.6 Å². The summed E-state index contributed by atoms with van der Waals surface area (Å²) in [6.45, 7) is 3.99. The Bertz CT molecular complexity index is 609. The standard InChI is InChI=1S/C15H17N3O2/c1-3-10-5-7-11(8-6-10)16-14-9-12(15(19)20)17-13(4-2)18-14/h5-9H,3-4H2,1-2H3,(H,19,20)(H,16,17,18). The van der Waals surface area contributed by atoms with Crippen LogP contribution >= 0.6 is 0 Å². The third kappa shape index (κ3) is 3.32. The van der Waals surface area contributed by atoms with Gasteiger partial charge in [-0.1, -0.05) is 26.0 Å². The Balaban J connectivity index is 2.27. The lowest BCUT2D eigenvalue weighted by Crippen LogP contribution is -2.07. The van der Waals surface area contributed by atoms with Crippen LogP contribution in [0.3, 0.4) is 0 Å². The van der Waals surface area contributed by atoms with Crippen LogP contribution in [0, 0.1) is 0 Å². The number of anilines is 2. The van der Waals surface area contributed by atoms with Gasteiger partial charge in [0.25, 0.3) is 0 Å². The van der Waals surface area contributed by atoms with E-state index in [1.807, 2.05) is 31.2 Å². The summed E-state index contributed by atoms with van der Waals surface area (Å²) in [5, 5.41) is 12.2. The SMILES string of the molecule is CCc1ccc(Nc2cc(C(=O)O)nc(CC)n2)cc1. The van der Waals surface area contributed by atoms with Gasteiger partial charge in [-0.2, -0.15) is 0 Å². The van der Waals surface area contributed by atoms with Crippen LogP contribution < -0.4 is 5.32 Å². The number of nitrogens with zero attached hydrogens (tertiary/aromatic N) is 2. The number of benzene rings is 1. The fourth-order valence-corrected chi connectivity index (χ4v) is 1.80. The molecule has 0 atom stereocenters. The number of aryl methyl sites for hydroxylation is 2. The molecule has 5 heteroatoms. The third-order valence-corrected chi connectivity index (χ3v) is 2.94. The molecule has 0 fully saturated rings. The van der Waals surface area contributed by atoms with Crippen LogP contribution in [-0.2, 0) is 12.8 Å². The summed E-state index contributed by atoms with van der Waals surface area (Å²) in [4.78, 5) is 19.3. The van der Waals surface area contributed by atoms with Crippen molar-refractivity contribution in [1.82, 2.24) is 9.97 Å². The van der Waals surface area contributed by atoms with Crippen LogP contribution in [-0.4, -0.2) is 21.0 Å². The third-order valence-electron chi connectivity index (χ3n) is 2.94. The van der Waals surface area contributed by atoms with Gasteiger partial charge in [-0.05, 0) is 24.1 Å². The van der Waals surface area contributed by atoms with E-state index in [1.54, 1.807) is 0 Å². The number of carboxylic acids is 1. The number of nitrogens with one attached hydrogen (secondary N) is 1. The molecule has 0 aliphatic rings. The first-order valence-electron chi connectivity index (χ1n) is 6.59. The van der Waals surface area contributed by atoms with Crippen LogP contribution in [0.15, 0.2) is 30.3 Å². The molecule has 0 radical (unpaired) electrons. The highest BCUT2D eigenvalue weighted by Crippen LogP contribution is 2.17. The van der Waals surface area contributed by atoms with Crippen molar-refractivity contribution in [2.24, 2.45) is 0 Å². The van der Waals surface area contributed by atoms with Crippen LogP contribution in [0.25, 0.3) is 0 Å². The number of hydrogen-bond donors (Lipinski definition) is 2. The van der Waals surface area contributed by atoms with Gasteiger partial charge in [-0.15, -0.1) is 0 Å². The highest BCUT2D eigenvalue weighted by Gasteiger charge is 2.09. The quantitative estimate of drug-likeness (QED) is 0.874. The Morgan fingerprint density at radius 1 is 1.15 bits per heavy atom. The zero-order chi connectivity index (χ0) is 14.5. The normalized spacial score (nSPS) is 10.3. The van der Waals surface area contributed by atoms with Crippen molar-refractivity contribution in [3.63, 3.8) is 0 Å². The van der Waals surface area contributed by atoms with Gasteiger partial charge in [0.15, 0.2) is 5.69 Å². The van der Waals surface area contributed by atoms with E-state index >= 15 is 0 Å². The maximum Gasteiger partial charge on any atom is 0.354 e. The first kappa shape index (κ1) is 14.0. The van der Waals surface area contributed by atoms with Crippen molar-refractivity contribution in [3.05, 3.63) is 47.4 Å². The van der Waals surface area contributed by atoms with Crippen molar-refractivity contribution in [2.75, 3.05) is 5.32 Å². The van der Waals surface area contributed by atoms with E-state index in [-0.39, 0.29) is 5.69 Å². The van der Waals surface area contributed by atoms with Crippen molar-refractivity contribution in [2.45, 2.75) is 26.7 Å². The molecule has 0 aliphatic carbocycles. The van der Waals surface area contributed by atoms with Gasteiger partial charge >= 0.3 is 5.97 Å². The number of aromatic nitrogens is 2. The second-order valence-electron chi connectivity index (χ2n) is 4.39. The molecule has 2 aromatic rings. The molecule has 0 amide bonds. The minimum atomic E-state index is -1.05. The van der Waals surface area contributed by atoms with Crippen molar-refractivity contribution >= 4 is 17.5 Å². The van der Waals surface area contributed by atoms with E-state index in [2.05, 4.69) is 22.2 Å². The van der Waals surface area contributed by atoms with Gasteiger partial charge in [0.05, 0.1) is 0 Å². The first-order chi connectivity index (χ1) is 9.62. The Labute approximate surface area is 117 Å². The monoisotopic (exact) mass is 271 g/mol. The van der Waals surface area contributed by atoms with Crippen LogP contribution in [0.5, 0.6) is 0 Å². The molecule has 0 saturated heterocycles. The molecule has 0 bridgehead atoms. The topological polar surface area (TPSA) is 75.1 Å². The van der Waals surface area contributed by atoms with Crippen LogP contribution in [0.2, 0.25) is 0 Å². The molecular formula is C15H17N3O2. The minimum absolute atomic E-state index is 0.00419. The molecule has 2 N–H and O–H groups in total. The Morgan fingerprint density at radius 2 is 1.85 bits per heavy atom. The average Bonchev–Trinajstić information content (AvgIpc) is 2.47. The molecule has 0 unspecified atom stereocenters. The highest BCUT2D eigenvalue weighted by atomic mass is 16.4. The molecule has 0 spiro atoms.